The summed E-state index contributed by atoms with van der Waals surface area (Å²) in [5.74, 6) is 1.21. The van der Waals surface area contributed by atoms with Crippen molar-refractivity contribution in [1.82, 2.24) is 0 Å². The predicted octanol–water partition coefficient (Wildman–Crippen LogP) is 8.30. The van der Waals surface area contributed by atoms with Crippen molar-refractivity contribution in [2.75, 3.05) is 0 Å². The van der Waals surface area contributed by atoms with E-state index in [4.69, 9.17) is 13.6 Å². The summed E-state index contributed by atoms with van der Waals surface area (Å²) in [6, 6.07) is 33.6. The molecule has 0 aliphatic carbocycles. The van der Waals surface area contributed by atoms with Gasteiger partial charge in [0.1, 0.15) is 17.2 Å². The van der Waals surface area contributed by atoms with Gasteiger partial charge in [-0.05, 0) is 46.9 Å². The number of para-hydroxylation sites is 2. The summed E-state index contributed by atoms with van der Waals surface area (Å²) in [5.41, 5.74) is 2.87. The topological polar surface area (TPSA) is 44.8 Å². The van der Waals surface area contributed by atoms with Gasteiger partial charge in [-0.3, -0.25) is 0 Å². The van der Waals surface area contributed by atoms with Crippen LogP contribution >= 0.6 is 7.82 Å². The minimum atomic E-state index is -4.09. The van der Waals surface area contributed by atoms with E-state index in [1.54, 1.807) is 42.5 Å². The summed E-state index contributed by atoms with van der Waals surface area (Å²) in [5, 5.41) is 0. The monoisotopic (exact) mass is 458 g/mol. The highest BCUT2D eigenvalue weighted by molar-refractivity contribution is 7.49. The molecule has 4 aromatic carbocycles. The normalized spacial score (nSPS) is 13.1. The lowest BCUT2D eigenvalue weighted by molar-refractivity contribution is 0.299. The third-order valence-electron chi connectivity index (χ3n) is 5.08. The largest absolute Gasteiger partial charge is 0.647 e. The van der Waals surface area contributed by atoms with Gasteiger partial charge >= 0.3 is 7.82 Å². The van der Waals surface area contributed by atoms with E-state index in [0.717, 1.165) is 16.7 Å². The predicted molar refractivity (Wildman–Crippen MR) is 133 cm³/mol. The van der Waals surface area contributed by atoms with E-state index in [1.165, 1.54) is 0 Å². The Morgan fingerprint density at radius 1 is 0.576 bits per heavy atom. The summed E-state index contributed by atoms with van der Waals surface area (Å²) in [7, 11) is -4.09. The molecule has 0 amide bonds. The van der Waals surface area contributed by atoms with Crippen LogP contribution in [0.25, 0.3) is 11.1 Å². The molecule has 4 rings (SSSR count). The molecular formula is C28H27O4P. The maximum atomic E-state index is 13.9. The minimum absolute atomic E-state index is 0.00606. The van der Waals surface area contributed by atoms with Gasteiger partial charge in [-0.2, -0.15) is 4.57 Å². The fourth-order valence-electron chi connectivity index (χ4n) is 3.33. The Kier molecular flexibility index (Phi) is 6.57. The molecule has 4 nitrogen and oxygen atoms in total. The molecule has 0 fully saturated rings. The van der Waals surface area contributed by atoms with Crippen LogP contribution < -0.4 is 13.6 Å². The SMILES string of the molecule is CC(C)(C)c1ccc(OP(=O)(Oc2ccccc2)Oc2ccccc2-c2ccccc2)cc1. The number of benzene rings is 4. The maximum absolute atomic E-state index is 13.9. The van der Waals surface area contributed by atoms with E-state index < -0.39 is 7.82 Å². The van der Waals surface area contributed by atoms with Crippen LogP contribution in [-0.4, -0.2) is 0 Å². The van der Waals surface area contributed by atoms with E-state index in [0.29, 0.717) is 17.2 Å². The van der Waals surface area contributed by atoms with E-state index in [1.807, 2.05) is 66.7 Å². The van der Waals surface area contributed by atoms with Crippen molar-refractivity contribution in [2.45, 2.75) is 26.2 Å². The fraction of sp³-hybridized carbons (Fsp3) is 0.143. The first-order chi connectivity index (χ1) is 15.8. The van der Waals surface area contributed by atoms with Crippen molar-refractivity contribution in [1.29, 1.82) is 0 Å². The van der Waals surface area contributed by atoms with Crippen LogP contribution in [0, 0.1) is 0 Å². The molecule has 0 saturated heterocycles. The third kappa shape index (κ3) is 5.85. The third-order valence-corrected chi connectivity index (χ3v) is 6.37. The molecule has 0 aromatic heterocycles. The van der Waals surface area contributed by atoms with Crippen LogP contribution in [0.2, 0.25) is 0 Å². The van der Waals surface area contributed by atoms with Crippen molar-refractivity contribution in [3.63, 3.8) is 0 Å². The second-order valence-electron chi connectivity index (χ2n) is 8.67. The molecule has 1 unspecified atom stereocenters. The van der Waals surface area contributed by atoms with E-state index >= 15 is 0 Å². The van der Waals surface area contributed by atoms with Gasteiger partial charge in [-0.15, -0.1) is 0 Å². The Balaban J connectivity index is 1.68. The number of rotatable bonds is 7. The molecule has 0 saturated carbocycles. The molecule has 0 spiro atoms. The summed E-state index contributed by atoms with van der Waals surface area (Å²) in [4.78, 5) is 0. The highest BCUT2D eigenvalue weighted by Gasteiger charge is 2.34. The first-order valence-corrected chi connectivity index (χ1v) is 12.3. The standard InChI is InChI=1S/C28H27O4P/c1-28(2,3)23-18-20-25(21-19-23)31-33(29,30-24-14-8-5-9-15-24)32-27-17-11-10-16-26(27)22-12-6-4-7-13-22/h4-21H,1-3H3. The number of phosphoric ester groups is 1. The average Bonchev–Trinajstić information content (AvgIpc) is 2.80. The van der Waals surface area contributed by atoms with Crippen LogP contribution in [0.3, 0.4) is 0 Å². The summed E-state index contributed by atoms with van der Waals surface area (Å²) < 4.78 is 31.6. The van der Waals surface area contributed by atoms with Gasteiger partial charge in [0, 0.05) is 5.56 Å². The van der Waals surface area contributed by atoms with Crippen LogP contribution in [0.4, 0.5) is 0 Å². The molecule has 0 aliphatic heterocycles. The summed E-state index contributed by atoms with van der Waals surface area (Å²) >= 11 is 0. The van der Waals surface area contributed by atoms with Crippen molar-refractivity contribution in [3.8, 4) is 28.4 Å². The lowest BCUT2D eigenvalue weighted by atomic mass is 9.87. The molecule has 33 heavy (non-hydrogen) atoms. The Hall–Kier alpha value is -3.49. The van der Waals surface area contributed by atoms with Crippen molar-refractivity contribution < 1.29 is 18.1 Å². The Morgan fingerprint density at radius 2 is 1.09 bits per heavy atom. The summed E-state index contributed by atoms with van der Waals surface area (Å²) in [6.45, 7) is 6.40. The quantitative estimate of drug-likeness (QED) is 0.261. The van der Waals surface area contributed by atoms with Gasteiger partial charge in [0.15, 0.2) is 0 Å². The van der Waals surface area contributed by atoms with Crippen molar-refractivity contribution in [2.24, 2.45) is 0 Å². The molecular weight excluding hydrogens is 431 g/mol. The van der Waals surface area contributed by atoms with Gasteiger partial charge in [0.25, 0.3) is 0 Å². The molecule has 168 valence electrons. The molecule has 0 bridgehead atoms. The van der Waals surface area contributed by atoms with E-state index in [9.17, 15) is 4.57 Å². The van der Waals surface area contributed by atoms with Gasteiger partial charge in [0.05, 0.1) is 0 Å². The van der Waals surface area contributed by atoms with E-state index in [2.05, 4.69) is 20.8 Å². The first-order valence-electron chi connectivity index (χ1n) is 10.8. The van der Waals surface area contributed by atoms with Gasteiger partial charge < -0.3 is 13.6 Å². The molecule has 1 atom stereocenters. The fourth-order valence-corrected chi connectivity index (χ4v) is 4.61. The number of hydrogen-bond donors (Lipinski definition) is 0. The highest BCUT2D eigenvalue weighted by Crippen LogP contribution is 2.51. The molecule has 0 aliphatic rings. The van der Waals surface area contributed by atoms with Gasteiger partial charge in [-0.1, -0.05) is 99.6 Å². The Bertz CT molecular complexity index is 1230. The van der Waals surface area contributed by atoms with Crippen LogP contribution in [0.5, 0.6) is 17.2 Å². The second-order valence-corrected chi connectivity index (χ2v) is 10.1. The zero-order valence-electron chi connectivity index (χ0n) is 19.0. The van der Waals surface area contributed by atoms with Crippen LogP contribution in [0.15, 0.2) is 109 Å². The molecule has 4 aromatic rings. The Labute approximate surface area is 195 Å². The van der Waals surface area contributed by atoms with E-state index in [-0.39, 0.29) is 5.41 Å². The molecule has 0 radical (unpaired) electrons. The Morgan fingerprint density at radius 3 is 1.70 bits per heavy atom. The lowest BCUT2D eigenvalue weighted by Gasteiger charge is -2.22. The maximum Gasteiger partial charge on any atom is 0.647 e. The number of phosphoric acid groups is 1. The summed E-state index contributed by atoms with van der Waals surface area (Å²) in [6.07, 6.45) is 0. The zero-order valence-corrected chi connectivity index (χ0v) is 19.9. The van der Waals surface area contributed by atoms with Gasteiger partial charge in [-0.25, -0.2) is 0 Å². The smallest absolute Gasteiger partial charge is 0.386 e. The molecule has 5 heteroatoms. The minimum Gasteiger partial charge on any atom is -0.386 e. The zero-order chi connectivity index (χ0) is 23.3. The highest BCUT2D eigenvalue weighted by atomic mass is 31.2. The first kappa shape index (κ1) is 22.7. The molecule has 0 N–H and O–H groups in total. The average molecular weight is 458 g/mol. The van der Waals surface area contributed by atoms with Crippen LogP contribution in [0.1, 0.15) is 26.3 Å². The van der Waals surface area contributed by atoms with Crippen LogP contribution in [-0.2, 0) is 9.98 Å². The lowest BCUT2D eigenvalue weighted by Crippen LogP contribution is -2.11. The van der Waals surface area contributed by atoms with Crippen molar-refractivity contribution >= 4 is 7.82 Å². The molecule has 0 heterocycles. The van der Waals surface area contributed by atoms with Gasteiger partial charge in [0.2, 0.25) is 0 Å². The van der Waals surface area contributed by atoms with Crippen molar-refractivity contribution in [3.05, 3.63) is 115 Å². The second kappa shape index (κ2) is 9.56. The number of hydrogen-bond acceptors (Lipinski definition) is 4.